The Hall–Kier alpha value is -1.08. The van der Waals surface area contributed by atoms with E-state index in [9.17, 15) is 21.6 Å². The van der Waals surface area contributed by atoms with E-state index in [1.54, 1.807) is 18.2 Å². The fourth-order valence-electron chi connectivity index (χ4n) is 1.24. The summed E-state index contributed by atoms with van der Waals surface area (Å²) >= 11 is 0. The van der Waals surface area contributed by atoms with E-state index in [4.69, 9.17) is 0 Å². The van der Waals surface area contributed by atoms with Gasteiger partial charge in [0, 0.05) is 6.42 Å². The molecule has 0 aromatic heterocycles. The molecule has 0 spiro atoms. The second-order valence-electron chi connectivity index (χ2n) is 3.52. The van der Waals surface area contributed by atoms with Crippen molar-refractivity contribution in [3.8, 4) is 0 Å². The zero-order chi connectivity index (χ0) is 13.1. The number of benzene rings is 1. The first-order chi connectivity index (χ1) is 7.68. The smallest absolute Gasteiger partial charge is 0.257 e. The van der Waals surface area contributed by atoms with Crippen LogP contribution in [-0.2, 0) is 20.7 Å². The van der Waals surface area contributed by atoms with Gasteiger partial charge in [-0.25, -0.2) is 0 Å². The molecule has 1 atom stereocenters. The van der Waals surface area contributed by atoms with Crippen LogP contribution in [0.4, 0.5) is 13.2 Å². The zero-order valence-electron chi connectivity index (χ0n) is 8.94. The Labute approximate surface area is 97.3 Å². The highest BCUT2D eigenvalue weighted by Crippen LogP contribution is 2.26. The van der Waals surface area contributed by atoms with Crippen molar-refractivity contribution in [3.63, 3.8) is 0 Å². The van der Waals surface area contributed by atoms with Crippen LogP contribution in [0.1, 0.15) is 5.56 Å². The minimum absolute atomic E-state index is 0.360. The summed E-state index contributed by atoms with van der Waals surface area (Å²) < 4.78 is 63.2. The fourth-order valence-corrected chi connectivity index (χ4v) is 1.84. The molecule has 0 amide bonds. The van der Waals surface area contributed by atoms with Gasteiger partial charge in [-0.3, -0.25) is 4.18 Å². The van der Waals surface area contributed by atoms with E-state index in [1.165, 1.54) is 12.1 Å². The second-order valence-corrected chi connectivity index (χ2v) is 5.12. The average molecular weight is 268 g/mol. The molecule has 0 aliphatic carbocycles. The maximum absolute atomic E-state index is 12.5. The molecular weight excluding hydrogens is 257 g/mol. The minimum Gasteiger partial charge on any atom is -0.257 e. The third-order valence-corrected chi connectivity index (χ3v) is 2.50. The van der Waals surface area contributed by atoms with E-state index in [2.05, 4.69) is 4.18 Å². The molecule has 0 aliphatic heterocycles. The van der Waals surface area contributed by atoms with Crippen LogP contribution in [0.5, 0.6) is 0 Å². The first-order valence-electron chi connectivity index (χ1n) is 4.67. The van der Waals surface area contributed by atoms with Crippen LogP contribution in [0.15, 0.2) is 30.3 Å². The Bertz CT molecular complexity index is 453. The maximum Gasteiger partial charge on any atom is 0.416 e. The van der Waals surface area contributed by atoms with E-state index in [-0.39, 0.29) is 0 Å². The largest absolute Gasteiger partial charge is 0.416 e. The SMILES string of the molecule is CS(=O)(=O)OC(Cc1ccccc1)C(F)(F)F. The molecule has 0 heterocycles. The van der Waals surface area contributed by atoms with E-state index in [1.807, 2.05) is 0 Å². The van der Waals surface area contributed by atoms with Crippen molar-refractivity contribution in [2.24, 2.45) is 0 Å². The Kier molecular flexibility index (Phi) is 4.16. The molecule has 1 aromatic carbocycles. The molecule has 17 heavy (non-hydrogen) atoms. The third kappa shape index (κ3) is 5.18. The molecule has 0 bridgehead atoms. The molecule has 1 rings (SSSR count). The Balaban J connectivity index is 2.86. The maximum atomic E-state index is 12.5. The molecule has 0 N–H and O–H groups in total. The Morgan fingerprint density at radius 3 is 2.18 bits per heavy atom. The molecular formula is C10H11F3O3S. The average Bonchev–Trinajstić information content (AvgIpc) is 2.15. The summed E-state index contributed by atoms with van der Waals surface area (Å²) in [4.78, 5) is 0. The molecule has 0 aliphatic rings. The van der Waals surface area contributed by atoms with Crippen molar-refractivity contribution in [2.45, 2.75) is 18.7 Å². The summed E-state index contributed by atoms with van der Waals surface area (Å²) in [6.07, 6.45) is -7.01. The Morgan fingerprint density at radius 1 is 1.24 bits per heavy atom. The van der Waals surface area contributed by atoms with Crippen LogP contribution in [-0.4, -0.2) is 27.0 Å². The highest BCUT2D eigenvalue weighted by molar-refractivity contribution is 7.86. The highest BCUT2D eigenvalue weighted by Gasteiger charge is 2.42. The zero-order valence-corrected chi connectivity index (χ0v) is 9.75. The molecule has 1 aromatic rings. The van der Waals surface area contributed by atoms with Gasteiger partial charge in [-0.1, -0.05) is 30.3 Å². The van der Waals surface area contributed by atoms with E-state index >= 15 is 0 Å². The van der Waals surface area contributed by atoms with Crippen LogP contribution in [0.2, 0.25) is 0 Å². The lowest BCUT2D eigenvalue weighted by molar-refractivity contribution is -0.193. The van der Waals surface area contributed by atoms with Crippen molar-refractivity contribution in [2.75, 3.05) is 6.26 Å². The summed E-state index contributed by atoms with van der Waals surface area (Å²) in [5.74, 6) is 0. The number of hydrogen-bond donors (Lipinski definition) is 0. The molecule has 0 radical (unpaired) electrons. The van der Waals surface area contributed by atoms with E-state index < -0.39 is 28.8 Å². The molecule has 96 valence electrons. The van der Waals surface area contributed by atoms with Crippen molar-refractivity contribution < 1.29 is 25.8 Å². The molecule has 0 saturated heterocycles. The van der Waals surface area contributed by atoms with Gasteiger partial charge >= 0.3 is 6.18 Å². The van der Waals surface area contributed by atoms with Gasteiger partial charge in [0.15, 0.2) is 6.10 Å². The van der Waals surface area contributed by atoms with Gasteiger partial charge < -0.3 is 0 Å². The quantitative estimate of drug-likeness (QED) is 0.786. The monoisotopic (exact) mass is 268 g/mol. The summed E-state index contributed by atoms with van der Waals surface area (Å²) in [6.45, 7) is 0. The van der Waals surface area contributed by atoms with Gasteiger partial charge in [-0.2, -0.15) is 21.6 Å². The van der Waals surface area contributed by atoms with Crippen LogP contribution in [0.3, 0.4) is 0 Å². The van der Waals surface area contributed by atoms with Gasteiger partial charge in [0.2, 0.25) is 0 Å². The van der Waals surface area contributed by atoms with Crippen LogP contribution < -0.4 is 0 Å². The summed E-state index contributed by atoms with van der Waals surface area (Å²) in [7, 11) is -4.15. The van der Waals surface area contributed by atoms with Crippen molar-refractivity contribution in [1.29, 1.82) is 0 Å². The Morgan fingerprint density at radius 2 is 1.76 bits per heavy atom. The molecule has 0 fully saturated rings. The van der Waals surface area contributed by atoms with Gasteiger partial charge in [0.05, 0.1) is 6.26 Å². The van der Waals surface area contributed by atoms with Crippen LogP contribution in [0.25, 0.3) is 0 Å². The van der Waals surface area contributed by atoms with E-state index in [0.29, 0.717) is 11.8 Å². The molecule has 1 unspecified atom stereocenters. The normalized spacial score (nSPS) is 14.6. The lowest BCUT2D eigenvalue weighted by Gasteiger charge is -2.19. The first-order valence-corrected chi connectivity index (χ1v) is 6.49. The molecule has 3 nitrogen and oxygen atoms in total. The number of hydrogen-bond acceptors (Lipinski definition) is 3. The van der Waals surface area contributed by atoms with Crippen molar-refractivity contribution in [3.05, 3.63) is 35.9 Å². The van der Waals surface area contributed by atoms with Gasteiger partial charge in [-0.15, -0.1) is 0 Å². The predicted octanol–water partition coefficient (Wildman–Crippen LogP) is 2.14. The van der Waals surface area contributed by atoms with Crippen molar-refractivity contribution >= 4 is 10.1 Å². The van der Waals surface area contributed by atoms with Gasteiger partial charge in [0.25, 0.3) is 10.1 Å². The van der Waals surface area contributed by atoms with Gasteiger partial charge in [-0.05, 0) is 5.56 Å². The standard InChI is InChI=1S/C10H11F3O3S/c1-17(14,15)16-9(10(11,12)13)7-8-5-3-2-4-6-8/h2-6,9H,7H2,1H3. The topological polar surface area (TPSA) is 43.4 Å². The highest BCUT2D eigenvalue weighted by atomic mass is 32.2. The number of alkyl halides is 3. The van der Waals surface area contributed by atoms with Crippen LogP contribution in [0, 0.1) is 0 Å². The second kappa shape index (κ2) is 5.05. The third-order valence-electron chi connectivity index (χ3n) is 1.92. The first kappa shape index (κ1) is 14.0. The summed E-state index contributed by atoms with van der Waals surface area (Å²) in [5.41, 5.74) is 0.360. The van der Waals surface area contributed by atoms with Crippen molar-refractivity contribution in [1.82, 2.24) is 0 Å². The van der Waals surface area contributed by atoms with E-state index in [0.717, 1.165) is 0 Å². The fraction of sp³-hybridized carbons (Fsp3) is 0.400. The minimum atomic E-state index is -4.72. The summed E-state index contributed by atoms with van der Waals surface area (Å²) in [5, 5.41) is 0. The van der Waals surface area contributed by atoms with Crippen LogP contribution >= 0.6 is 0 Å². The number of rotatable bonds is 4. The lowest BCUT2D eigenvalue weighted by Crippen LogP contribution is -2.35. The molecule has 0 saturated carbocycles. The summed E-state index contributed by atoms with van der Waals surface area (Å²) in [6, 6.07) is 7.75. The number of halogens is 3. The lowest BCUT2D eigenvalue weighted by atomic mass is 10.1. The molecule has 7 heteroatoms. The van der Waals surface area contributed by atoms with Gasteiger partial charge in [0.1, 0.15) is 0 Å². The predicted molar refractivity (Wildman–Crippen MR) is 55.9 cm³/mol.